The van der Waals surface area contributed by atoms with Crippen molar-refractivity contribution in [3.8, 4) is 11.5 Å². The fraction of sp³-hybridized carbons (Fsp3) is 0.409. The zero-order valence-electron chi connectivity index (χ0n) is 18.3. The van der Waals surface area contributed by atoms with Crippen LogP contribution in [0.2, 0.25) is 0 Å². The number of aliphatic carboxylic acids is 1. The molecule has 0 radical (unpaired) electrons. The number of ether oxygens (including phenoxy) is 2. The van der Waals surface area contributed by atoms with E-state index in [1.54, 1.807) is 4.90 Å². The minimum absolute atomic E-state index is 0.0480. The van der Waals surface area contributed by atoms with Gasteiger partial charge in [-0.2, -0.15) is 13.2 Å². The molecular weight excluding hydrogens is 477 g/mol. The summed E-state index contributed by atoms with van der Waals surface area (Å²) in [4.78, 5) is 12.5. The van der Waals surface area contributed by atoms with E-state index in [1.807, 2.05) is 0 Å². The molecule has 186 valence electrons. The van der Waals surface area contributed by atoms with Crippen molar-refractivity contribution in [2.24, 2.45) is 0 Å². The number of halogens is 3. The highest BCUT2D eigenvalue weighted by Gasteiger charge is 2.36. The van der Waals surface area contributed by atoms with Crippen molar-refractivity contribution in [3.05, 3.63) is 53.6 Å². The molecule has 1 fully saturated rings. The van der Waals surface area contributed by atoms with Crippen molar-refractivity contribution in [2.45, 2.75) is 29.4 Å². The molecule has 2 aromatic rings. The molecule has 0 aromatic heterocycles. The van der Waals surface area contributed by atoms with E-state index in [1.165, 1.54) is 31.4 Å². The molecule has 12 heteroatoms. The number of benzene rings is 2. The lowest BCUT2D eigenvalue weighted by molar-refractivity contribution is -0.140. The Morgan fingerprint density at radius 3 is 2.53 bits per heavy atom. The quantitative estimate of drug-likeness (QED) is 0.568. The number of alkyl halides is 3. The van der Waals surface area contributed by atoms with Gasteiger partial charge < -0.3 is 19.9 Å². The second-order valence-corrected chi connectivity index (χ2v) is 9.81. The summed E-state index contributed by atoms with van der Waals surface area (Å²) < 4.78 is 77.2. The molecule has 1 saturated heterocycles. The van der Waals surface area contributed by atoms with Gasteiger partial charge in [0.2, 0.25) is 0 Å². The van der Waals surface area contributed by atoms with Crippen LogP contribution >= 0.6 is 0 Å². The fourth-order valence-corrected chi connectivity index (χ4v) is 5.43. The van der Waals surface area contributed by atoms with Gasteiger partial charge in [-0.1, -0.05) is 0 Å². The van der Waals surface area contributed by atoms with Gasteiger partial charge in [0.25, 0.3) is 0 Å². The molecule has 2 N–H and O–H groups in total. The third-order valence-corrected chi connectivity index (χ3v) is 7.49. The van der Waals surface area contributed by atoms with E-state index in [4.69, 9.17) is 14.6 Å². The number of methoxy groups -OCH3 is 1. The molecule has 8 nitrogen and oxygen atoms in total. The molecular formula is C22H25F3N2O6S. The molecule has 0 bridgehead atoms. The number of carboxylic acids is 1. The number of sulfone groups is 1. The first-order chi connectivity index (χ1) is 16.0. The predicted octanol–water partition coefficient (Wildman–Crippen LogP) is 2.77. The van der Waals surface area contributed by atoms with Crippen molar-refractivity contribution in [2.75, 3.05) is 33.4 Å². The first-order valence-corrected chi connectivity index (χ1v) is 11.9. The Hall–Kier alpha value is -2.83. The number of hydrogen-bond donors (Lipinski definition) is 2. The second-order valence-electron chi connectivity index (χ2n) is 7.71. The molecule has 34 heavy (non-hydrogen) atoms. The van der Waals surface area contributed by atoms with Gasteiger partial charge in [-0.25, -0.2) is 13.2 Å². The standard InChI is InChI=1S/C22H25F3N2O6S/c1-32-17-4-6-18(7-5-17)34(30,31)20-12-26-9-2-10-27(20)13-15-11-16(22(23,24)25)3-8-19(15)33-14-21(28)29/h3-8,11,20,26H,2,9-10,12-14H2,1H3,(H,28,29). The monoisotopic (exact) mass is 502 g/mol. The Bertz CT molecular complexity index is 1110. The lowest BCUT2D eigenvalue weighted by Crippen LogP contribution is -2.45. The van der Waals surface area contributed by atoms with E-state index in [2.05, 4.69) is 5.32 Å². The molecule has 1 atom stereocenters. The van der Waals surface area contributed by atoms with E-state index in [9.17, 15) is 26.4 Å². The highest BCUT2D eigenvalue weighted by molar-refractivity contribution is 7.92. The van der Waals surface area contributed by atoms with Crippen LogP contribution in [0.5, 0.6) is 11.5 Å². The van der Waals surface area contributed by atoms with Gasteiger partial charge in [0.1, 0.15) is 16.9 Å². The van der Waals surface area contributed by atoms with Gasteiger partial charge >= 0.3 is 12.1 Å². The van der Waals surface area contributed by atoms with Crippen LogP contribution in [0.15, 0.2) is 47.4 Å². The van der Waals surface area contributed by atoms with Gasteiger partial charge in [-0.15, -0.1) is 0 Å². The van der Waals surface area contributed by atoms with Gasteiger partial charge in [0, 0.05) is 25.2 Å². The maximum Gasteiger partial charge on any atom is 0.416 e. The lowest BCUT2D eigenvalue weighted by atomic mass is 10.1. The van der Waals surface area contributed by atoms with E-state index >= 15 is 0 Å². The van der Waals surface area contributed by atoms with Crippen LogP contribution in [0.1, 0.15) is 17.5 Å². The van der Waals surface area contributed by atoms with Crippen LogP contribution in [-0.4, -0.2) is 63.1 Å². The third-order valence-electron chi connectivity index (χ3n) is 5.38. The van der Waals surface area contributed by atoms with Gasteiger partial charge in [0.15, 0.2) is 16.4 Å². The van der Waals surface area contributed by atoms with Gasteiger partial charge in [0.05, 0.1) is 17.6 Å². The summed E-state index contributed by atoms with van der Waals surface area (Å²) in [6.45, 7) is -0.0233. The number of carboxylic acid groups (broad SMARTS) is 1. The molecule has 0 aliphatic carbocycles. The number of carbonyl (C=O) groups is 1. The Morgan fingerprint density at radius 1 is 1.21 bits per heavy atom. The van der Waals surface area contributed by atoms with Crippen molar-refractivity contribution >= 4 is 15.8 Å². The average Bonchev–Trinajstić information content (AvgIpc) is 3.03. The molecule has 2 aromatic carbocycles. The minimum atomic E-state index is -4.63. The summed E-state index contributed by atoms with van der Waals surface area (Å²) in [5.74, 6) is -0.850. The molecule has 1 aliphatic rings. The minimum Gasteiger partial charge on any atom is -0.497 e. The van der Waals surface area contributed by atoms with Crippen LogP contribution in [-0.2, 0) is 27.4 Å². The molecule has 0 spiro atoms. The SMILES string of the molecule is COc1ccc(S(=O)(=O)C2CNCCCN2Cc2cc(C(F)(F)F)ccc2OCC(=O)O)cc1. The largest absolute Gasteiger partial charge is 0.497 e. The number of nitrogens with one attached hydrogen (secondary N) is 1. The Labute approximate surface area is 195 Å². The zero-order valence-corrected chi connectivity index (χ0v) is 19.2. The van der Waals surface area contributed by atoms with Crippen molar-refractivity contribution in [1.82, 2.24) is 10.2 Å². The average molecular weight is 503 g/mol. The van der Waals surface area contributed by atoms with E-state index in [-0.39, 0.29) is 29.3 Å². The molecule has 1 aliphatic heterocycles. The molecule has 1 heterocycles. The summed E-state index contributed by atoms with van der Waals surface area (Å²) in [5.41, 5.74) is -0.888. The molecule has 0 amide bonds. The maximum atomic E-state index is 13.5. The van der Waals surface area contributed by atoms with E-state index < -0.39 is 39.5 Å². The van der Waals surface area contributed by atoms with Crippen LogP contribution in [0.4, 0.5) is 13.2 Å². The Kier molecular flexibility index (Phi) is 8.05. The Morgan fingerprint density at radius 2 is 1.91 bits per heavy atom. The first-order valence-electron chi connectivity index (χ1n) is 10.4. The topological polar surface area (TPSA) is 105 Å². The van der Waals surface area contributed by atoms with E-state index in [0.717, 1.165) is 18.2 Å². The molecule has 3 rings (SSSR count). The lowest BCUT2D eigenvalue weighted by Gasteiger charge is -2.30. The molecule has 1 unspecified atom stereocenters. The van der Waals surface area contributed by atoms with E-state index in [0.29, 0.717) is 25.3 Å². The van der Waals surface area contributed by atoms with Crippen molar-refractivity contribution in [3.63, 3.8) is 0 Å². The van der Waals surface area contributed by atoms with Crippen LogP contribution in [0.25, 0.3) is 0 Å². The van der Waals surface area contributed by atoms with Crippen LogP contribution in [0.3, 0.4) is 0 Å². The number of rotatable bonds is 8. The maximum absolute atomic E-state index is 13.5. The van der Waals surface area contributed by atoms with Gasteiger partial charge in [-0.3, -0.25) is 4.90 Å². The second kappa shape index (κ2) is 10.6. The summed E-state index contributed by atoms with van der Waals surface area (Å²) >= 11 is 0. The summed E-state index contributed by atoms with van der Waals surface area (Å²) in [6.07, 6.45) is -4.06. The summed E-state index contributed by atoms with van der Waals surface area (Å²) in [6, 6.07) is 8.61. The predicted molar refractivity (Wildman–Crippen MR) is 116 cm³/mol. The van der Waals surface area contributed by atoms with Crippen molar-refractivity contribution < 1.29 is 41.0 Å². The first kappa shape index (κ1) is 25.8. The normalized spacial score (nSPS) is 17.7. The Balaban J connectivity index is 1.97. The fourth-order valence-electron chi connectivity index (χ4n) is 3.69. The summed E-state index contributed by atoms with van der Waals surface area (Å²) in [7, 11) is -2.45. The smallest absolute Gasteiger partial charge is 0.416 e. The van der Waals surface area contributed by atoms with Crippen LogP contribution in [0, 0.1) is 0 Å². The third kappa shape index (κ3) is 6.19. The number of hydrogen-bond acceptors (Lipinski definition) is 7. The molecule has 0 saturated carbocycles. The zero-order chi connectivity index (χ0) is 24.9. The van der Waals surface area contributed by atoms with Crippen molar-refractivity contribution in [1.29, 1.82) is 0 Å². The number of nitrogens with zero attached hydrogens (tertiary/aromatic N) is 1. The highest BCUT2D eigenvalue weighted by Crippen LogP contribution is 2.34. The summed E-state index contributed by atoms with van der Waals surface area (Å²) in [5, 5.41) is 10.9. The van der Waals surface area contributed by atoms with Crippen LogP contribution < -0.4 is 14.8 Å². The van der Waals surface area contributed by atoms with Gasteiger partial charge in [-0.05, 0) is 55.4 Å². The highest BCUT2D eigenvalue weighted by atomic mass is 32.2.